The molecule has 0 aliphatic carbocycles. The predicted molar refractivity (Wildman–Crippen MR) is 65.1 cm³/mol. The highest BCUT2D eigenvalue weighted by Crippen LogP contribution is 2.26. The minimum atomic E-state index is 0.164. The van der Waals surface area contributed by atoms with Crippen molar-refractivity contribution in [1.82, 2.24) is 5.32 Å². The van der Waals surface area contributed by atoms with Gasteiger partial charge in [0.1, 0.15) is 0 Å². The number of nitrogens with two attached hydrogens (primary N) is 1. The molecule has 3 heteroatoms. The number of methoxy groups -OCH3 is 1. The Bertz CT molecular complexity index is 315. The number of benzene rings is 1. The molecule has 1 aliphatic heterocycles. The van der Waals surface area contributed by atoms with Crippen LogP contribution < -0.4 is 11.1 Å². The SMILES string of the molecule is COC(C[C@@H]1CNC[C@H]1N)c1ccccc1. The normalized spacial score (nSPS) is 26.9. The molecule has 3 N–H and O–H groups in total. The molecule has 0 aromatic heterocycles. The van der Waals surface area contributed by atoms with E-state index in [1.807, 2.05) is 18.2 Å². The third kappa shape index (κ3) is 2.61. The maximum atomic E-state index is 6.04. The van der Waals surface area contributed by atoms with Gasteiger partial charge in [-0.1, -0.05) is 30.3 Å². The van der Waals surface area contributed by atoms with Gasteiger partial charge < -0.3 is 15.8 Å². The maximum absolute atomic E-state index is 6.04. The van der Waals surface area contributed by atoms with Gasteiger partial charge in [-0.05, 0) is 24.4 Å². The lowest BCUT2D eigenvalue weighted by Crippen LogP contribution is -2.30. The molecule has 1 unspecified atom stereocenters. The van der Waals surface area contributed by atoms with Crippen LogP contribution in [0.3, 0.4) is 0 Å². The molecule has 1 aromatic carbocycles. The van der Waals surface area contributed by atoms with E-state index >= 15 is 0 Å². The van der Waals surface area contributed by atoms with Gasteiger partial charge in [0.2, 0.25) is 0 Å². The average molecular weight is 220 g/mol. The van der Waals surface area contributed by atoms with E-state index in [-0.39, 0.29) is 12.1 Å². The van der Waals surface area contributed by atoms with Crippen LogP contribution in [0.5, 0.6) is 0 Å². The van der Waals surface area contributed by atoms with Gasteiger partial charge in [-0.15, -0.1) is 0 Å². The van der Waals surface area contributed by atoms with Crippen molar-refractivity contribution < 1.29 is 4.74 Å². The van der Waals surface area contributed by atoms with E-state index in [2.05, 4.69) is 17.4 Å². The fourth-order valence-electron chi connectivity index (χ4n) is 2.32. The topological polar surface area (TPSA) is 47.3 Å². The van der Waals surface area contributed by atoms with E-state index in [0.29, 0.717) is 5.92 Å². The third-order valence-electron chi connectivity index (χ3n) is 3.36. The second kappa shape index (κ2) is 5.43. The highest BCUT2D eigenvalue weighted by atomic mass is 16.5. The van der Waals surface area contributed by atoms with E-state index in [9.17, 15) is 0 Å². The quantitative estimate of drug-likeness (QED) is 0.804. The molecule has 0 saturated carbocycles. The van der Waals surface area contributed by atoms with Crippen molar-refractivity contribution in [2.24, 2.45) is 11.7 Å². The summed E-state index contributed by atoms with van der Waals surface area (Å²) in [4.78, 5) is 0. The Morgan fingerprint density at radius 1 is 1.38 bits per heavy atom. The van der Waals surface area contributed by atoms with E-state index in [0.717, 1.165) is 19.5 Å². The molecule has 1 aromatic rings. The predicted octanol–water partition coefficient (Wildman–Crippen LogP) is 1.31. The maximum Gasteiger partial charge on any atom is 0.0824 e. The molecule has 0 radical (unpaired) electrons. The monoisotopic (exact) mass is 220 g/mol. The Morgan fingerprint density at radius 3 is 2.69 bits per heavy atom. The van der Waals surface area contributed by atoms with Crippen molar-refractivity contribution >= 4 is 0 Å². The molecule has 0 amide bonds. The van der Waals surface area contributed by atoms with E-state index in [1.165, 1.54) is 5.56 Å². The molecule has 16 heavy (non-hydrogen) atoms. The molecule has 88 valence electrons. The lowest BCUT2D eigenvalue weighted by molar-refractivity contribution is 0.0804. The smallest absolute Gasteiger partial charge is 0.0824 e. The summed E-state index contributed by atoms with van der Waals surface area (Å²) in [5.41, 5.74) is 7.28. The van der Waals surface area contributed by atoms with Crippen LogP contribution in [0.4, 0.5) is 0 Å². The Hall–Kier alpha value is -0.900. The second-order valence-corrected chi connectivity index (χ2v) is 4.45. The first-order valence-corrected chi connectivity index (χ1v) is 5.85. The molecular formula is C13H20N2O. The number of rotatable bonds is 4. The highest BCUT2D eigenvalue weighted by Gasteiger charge is 2.27. The minimum absolute atomic E-state index is 0.164. The van der Waals surface area contributed by atoms with E-state index in [1.54, 1.807) is 7.11 Å². The minimum Gasteiger partial charge on any atom is -0.377 e. The highest BCUT2D eigenvalue weighted by molar-refractivity contribution is 5.17. The largest absolute Gasteiger partial charge is 0.377 e. The Labute approximate surface area is 97.0 Å². The first-order chi connectivity index (χ1) is 7.81. The Balaban J connectivity index is 2.00. The fraction of sp³-hybridized carbons (Fsp3) is 0.538. The Morgan fingerprint density at radius 2 is 2.12 bits per heavy atom. The zero-order chi connectivity index (χ0) is 11.4. The van der Waals surface area contributed by atoms with Crippen molar-refractivity contribution in [2.75, 3.05) is 20.2 Å². The summed E-state index contributed by atoms with van der Waals surface area (Å²) in [6.07, 6.45) is 1.16. The van der Waals surface area contributed by atoms with Crippen LogP contribution in [0, 0.1) is 5.92 Å². The summed E-state index contributed by atoms with van der Waals surface area (Å²) < 4.78 is 5.56. The van der Waals surface area contributed by atoms with Crippen LogP contribution in [0.25, 0.3) is 0 Å². The lowest BCUT2D eigenvalue weighted by atomic mass is 9.93. The van der Waals surface area contributed by atoms with Crippen molar-refractivity contribution in [3.05, 3.63) is 35.9 Å². The summed E-state index contributed by atoms with van der Waals surface area (Å²) in [6, 6.07) is 10.6. The summed E-state index contributed by atoms with van der Waals surface area (Å²) in [7, 11) is 1.77. The van der Waals surface area contributed by atoms with Gasteiger partial charge in [-0.3, -0.25) is 0 Å². The molecule has 2 rings (SSSR count). The molecule has 0 spiro atoms. The third-order valence-corrected chi connectivity index (χ3v) is 3.36. The second-order valence-electron chi connectivity index (χ2n) is 4.45. The van der Waals surface area contributed by atoms with E-state index < -0.39 is 0 Å². The van der Waals surface area contributed by atoms with Gasteiger partial charge in [0.25, 0.3) is 0 Å². The molecule has 1 aliphatic rings. The van der Waals surface area contributed by atoms with Crippen LogP contribution in [0.1, 0.15) is 18.1 Å². The first-order valence-electron chi connectivity index (χ1n) is 5.85. The molecule has 3 nitrogen and oxygen atoms in total. The standard InChI is InChI=1S/C13H20N2O/c1-16-13(10-5-3-2-4-6-10)7-11-8-15-9-12(11)14/h2-6,11-13,15H,7-9,14H2,1H3/t11-,12-,13?/m1/s1. The molecule has 0 bridgehead atoms. The van der Waals surface area contributed by atoms with Gasteiger partial charge >= 0.3 is 0 Å². The van der Waals surface area contributed by atoms with Crippen LogP contribution in [-0.2, 0) is 4.74 Å². The zero-order valence-electron chi connectivity index (χ0n) is 9.73. The number of ether oxygens (including phenoxy) is 1. The van der Waals surface area contributed by atoms with Crippen molar-refractivity contribution in [3.63, 3.8) is 0 Å². The van der Waals surface area contributed by atoms with Gasteiger partial charge in [-0.25, -0.2) is 0 Å². The molecule has 1 fully saturated rings. The average Bonchev–Trinajstić information content (AvgIpc) is 2.73. The van der Waals surface area contributed by atoms with Crippen LogP contribution in [0.15, 0.2) is 30.3 Å². The summed E-state index contributed by atoms with van der Waals surface area (Å²) in [5.74, 6) is 0.519. The number of hydrogen-bond donors (Lipinski definition) is 2. The van der Waals surface area contributed by atoms with E-state index in [4.69, 9.17) is 10.5 Å². The number of nitrogens with one attached hydrogen (secondary N) is 1. The lowest BCUT2D eigenvalue weighted by Gasteiger charge is -2.21. The van der Waals surface area contributed by atoms with Crippen LogP contribution >= 0.6 is 0 Å². The van der Waals surface area contributed by atoms with Crippen LogP contribution in [0.2, 0.25) is 0 Å². The van der Waals surface area contributed by atoms with Gasteiger partial charge in [0.05, 0.1) is 6.10 Å². The summed E-state index contributed by atoms with van der Waals surface area (Å²) in [5, 5.41) is 3.32. The zero-order valence-corrected chi connectivity index (χ0v) is 9.73. The molecule has 1 heterocycles. The van der Waals surface area contributed by atoms with Crippen molar-refractivity contribution in [1.29, 1.82) is 0 Å². The summed E-state index contributed by atoms with van der Waals surface area (Å²) >= 11 is 0. The van der Waals surface area contributed by atoms with Gasteiger partial charge in [0, 0.05) is 19.7 Å². The van der Waals surface area contributed by atoms with Crippen molar-refractivity contribution in [2.45, 2.75) is 18.6 Å². The van der Waals surface area contributed by atoms with Gasteiger partial charge in [0.15, 0.2) is 0 Å². The fourth-order valence-corrected chi connectivity index (χ4v) is 2.32. The summed E-state index contributed by atoms with van der Waals surface area (Å²) in [6.45, 7) is 1.93. The number of hydrogen-bond acceptors (Lipinski definition) is 3. The molecule has 1 saturated heterocycles. The van der Waals surface area contributed by atoms with Crippen molar-refractivity contribution in [3.8, 4) is 0 Å². The molecular weight excluding hydrogens is 200 g/mol. The first kappa shape index (κ1) is 11.6. The van der Waals surface area contributed by atoms with Crippen LogP contribution in [-0.4, -0.2) is 26.2 Å². The Kier molecular flexibility index (Phi) is 3.93. The van der Waals surface area contributed by atoms with Gasteiger partial charge in [-0.2, -0.15) is 0 Å². The molecule has 3 atom stereocenters.